The molecule has 5 nitrogen and oxygen atoms in total. The van der Waals surface area contributed by atoms with Crippen molar-refractivity contribution in [1.82, 2.24) is 20.4 Å². The standard InChI is InChI=1S/C26H32N4O/c1-19(2)25-15-24(28-29-25)18-30-14-6-7-20(17-30)16-27-26(31)23-12-10-22(11-13-23)21-8-4-3-5-9-21/h3-5,8-13,15,19-20H,6-7,14,16-18H2,1-2H3,(H,27,31)(H,28,29)/t20-/m0/s1. The number of hydrogen-bond donors (Lipinski definition) is 2. The van der Waals surface area contributed by atoms with Gasteiger partial charge in [0.1, 0.15) is 0 Å². The Labute approximate surface area is 184 Å². The molecule has 2 aromatic carbocycles. The summed E-state index contributed by atoms with van der Waals surface area (Å²) in [5, 5.41) is 10.7. The van der Waals surface area contributed by atoms with E-state index in [1.54, 1.807) is 0 Å². The van der Waals surface area contributed by atoms with E-state index < -0.39 is 0 Å². The summed E-state index contributed by atoms with van der Waals surface area (Å²) in [6.07, 6.45) is 2.32. The molecule has 2 N–H and O–H groups in total. The lowest BCUT2D eigenvalue weighted by molar-refractivity contribution is 0.0930. The second-order valence-corrected chi connectivity index (χ2v) is 8.87. The van der Waals surface area contributed by atoms with Crippen LogP contribution in [0.25, 0.3) is 11.1 Å². The lowest BCUT2D eigenvalue weighted by Crippen LogP contribution is -2.40. The minimum atomic E-state index is 0.00637. The van der Waals surface area contributed by atoms with Crippen LogP contribution in [0.5, 0.6) is 0 Å². The highest BCUT2D eigenvalue weighted by Crippen LogP contribution is 2.21. The third-order valence-corrected chi connectivity index (χ3v) is 6.04. The Morgan fingerprint density at radius 1 is 1.13 bits per heavy atom. The summed E-state index contributed by atoms with van der Waals surface area (Å²) in [5.74, 6) is 0.928. The van der Waals surface area contributed by atoms with Crippen molar-refractivity contribution in [3.63, 3.8) is 0 Å². The van der Waals surface area contributed by atoms with Gasteiger partial charge in [-0.3, -0.25) is 14.8 Å². The number of aromatic amines is 1. The van der Waals surface area contributed by atoms with Gasteiger partial charge in [-0.05, 0) is 60.5 Å². The maximum absolute atomic E-state index is 12.6. The Balaban J connectivity index is 1.27. The predicted molar refractivity (Wildman–Crippen MR) is 125 cm³/mol. The van der Waals surface area contributed by atoms with E-state index in [9.17, 15) is 4.79 Å². The molecule has 1 amide bonds. The van der Waals surface area contributed by atoms with Crippen LogP contribution in [0.4, 0.5) is 0 Å². The molecule has 0 spiro atoms. The molecular weight excluding hydrogens is 384 g/mol. The lowest BCUT2D eigenvalue weighted by Gasteiger charge is -2.32. The van der Waals surface area contributed by atoms with Gasteiger partial charge < -0.3 is 5.32 Å². The topological polar surface area (TPSA) is 61.0 Å². The number of carbonyl (C=O) groups is 1. The number of rotatable bonds is 7. The average molecular weight is 417 g/mol. The molecule has 1 saturated heterocycles. The zero-order valence-corrected chi connectivity index (χ0v) is 18.5. The summed E-state index contributed by atoms with van der Waals surface area (Å²) >= 11 is 0. The number of carbonyl (C=O) groups excluding carboxylic acids is 1. The molecule has 1 fully saturated rings. The van der Waals surface area contributed by atoms with Crippen molar-refractivity contribution < 1.29 is 4.79 Å². The minimum absolute atomic E-state index is 0.00637. The Morgan fingerprint density at radius 2 is 1.87 bits per heavy atom. The number of piperidine rings is 1. The van der Waals surface area contributed by atoms with Crippen molar-refractivity contribution in [2.45, 2.75) is 39.2 Å². The second-order valence-electron chi connectivity index (χ2n) is 8.87. The fourth-order valence-corrected chi connectivity index (χ4v) is 4.24. The van der Waals surface area contributed by atoms with Gasteiger partial charge in [0, 0.05) is 30.9 Å². The van der Waals surface area contributed by atoms with Gasteiger partial charge in [-0.2, -0.15) is 5.10 Å². The molecule has 2 heterocycles. The summed E-state index contributed by atoms with van der Waals surface area (Å²) in [5.41, 5.74) is 5.29. The molecule has 0 unspecified atom stereocenters. The van der Waals surface area contributed by atoms with E-state index in [-0.39, 0.29) is 5.91 Å². The third kappa shape index (κ3) is 5.61. The maximum Gasteiger partial charge on any atom is 0.251 e. The quantitative estimate of drug-likeness (QED) is 0.579. The smallest absolute Gasteiger partial charge is 0.251 e. The molecule has 3 aromatic rings. The molecule has 0 bridgehead atoms. The van der Waals surface area contributed by atoms with Crippen molar-refractivity contribution >= 4 is 5.91 Å². The van der Waals surface area contributed by atoms with Gasteiger partial charge in [-0.15, -0.1) is 0 Å². The van der Waals surface area contributed by atoms with E-state index >= 15 is 0 Å². The van der Waals surface area contributed by atoms with Crippen molar-refractivity contribution in [2.75, 3.05) is 19.6 Å². The Morgan fingerprint density at radius 3 is 2.58 bits per heavy atom. The molecule has 5 heteroatoms. The zero-order chi connectivity index (χ0) is 21.6. The monoisotopic (exact) mass is 416 g/mol. The number of nitrogens with zero attached hydrogens (tertiary/aromatic N) is 2. The average Bonchev–Trinajstić information content (AvgIpc) is 3.27. The van der Waals surface area contributed by atoms with Crippen LogP contribution in [0.3, 0.4) is 0 Å². The van der Waals surface area contributed by atoms with E-state index in [1.807, 2.05) is 42.5 Å². The van der Waals surface area contributed by atoms with Gasteiger partial charge in [0.05, 0.1) is 5.69 Å². The first-order chi connectivity index (χ1) is 15.1. The molecule has 1 atom stereocenters. The Bertz CT molecular complexity index is 978. The summed E-state index contributed by atoms with van der Waals surface area (Å²) in [4.78, 5) is 15.1. The molecular formula is C26H32N4O. The van der Waals surface area contributed by atoms with E-state index in [1.165, 1.54) is 5.69 Å². The lowest BCUT2D eigenvalue weighted by atomic mass is 9.97. The van der Waals surface area contributed by atoms with Gasteiger partial charge >= 0.3 is 0 Å². The van der Waals surface area contributed by atoms with Crippen LogP contribution in [0, 0.1) is 5.92 Å². The van der Waals surface area contributed by atoms with Crippen LogP contribution in [0.2, 0.25) is 0 Å². The van der Waals surface area contributed by atoms with Crippen LogP contribution in [-0.2, 0) is 6.54 Å². The predicted octanol–water partition coefficient (Wildman–Crippen LogP) is 4.84. The number of amides is 1. The SMILES string of the molecule is CC(C)c1cc(CN2CCC[C@@H](CNC(=O)c3ccc(-c4ccccc4)cc3)C2)[nH]n1. The van der Waals surface area contributed by atoms with Crippen molar-refractivity contribution in [3.05, 3.63) is 77.6 Å². The largest absolute Gasteiger partial charge is 0.352 e. The molecule has 0 saturated carbocycles. The molecule has 1 aliphatic rings. The van der Waals surface area contributed by atoms with Crippen molar-refractivity contribution in [3.8, 4) is 11.1 Å². The highest BCUT2D eigenvalue weighted by Gasteiger charge is 2.21. The maximum atomic E-state index is 12.6. The summed E-state index contributed by atoms with van der Waals surface area (Å²) in [6, 6.07) is 20.3. The van der Waals surface area contributed by atoms with Crippen LogP contribution in [0.1, 0.15) is 54.4 Å². The summed E-state index contributed by atoms with van der Waals surface area (Å²) in [7, 11) is 0. The van der Waals surface area contributed by atoms with Gasteiger partial charge in [-0.25, -0.2) is 0 Å². The second kappa shape index (κ2) is 9.92. The Kier molecular flexibility index (Phi) is 6.82. The Hall–Kier alpha value is -2.92. The van der Waals surface area contributed by atoms with Crippen molar-refractivity contribution in [1.29, 1.82) is 0 Å². The van der Waals surface area contributed by atoms with Crippen molar-refractivity contribution in [2.24, 2.45) is 5.92 Å². The van der Waals surface area contributed by atoms with E-state index in [0.717, 1.165) is 55.8 Å². The molecule has 1 aliphatic heterocycles. The highest BCUT2D eigenvalue weighted by molar-refractivity contribution is 5.94. The zero-order valence-electron chi connectivity index (χ0n) is 18.5. The number of H-pyrrole nitrogens is 1. The minimum Gasteiger partial charge on any atom is -0.352 e. The molecule has 0 radical (unpaired) electrons. The normalized spacial score (nSPS) is 17.1. The summed E-state index contributed by atoms with van der Waals surface area (Å²) < 4.78 is 0. The van der Waals surface area contributed by atoms with Gasteiger partial charge in [0.25, 0.3) is 5.91 Å². The van der Waals surface area contributed by atoms with Crippen LogP contribution in [-0.4, -0.2) is 40.6 Å². The highest BCUT2D eigenvalue weighted by atomic mass is 16.1. The van der Waals surface area contributed by atoms with E-state index in [0.29, 0.717) is 17.4 Å². The van der Waals surface area contributed by atoms with Crippen LogP contribution < -0.4 is 5.32 Å². The first-order valence-corrected chi connectivity index (χ1v) is 11.3. The molecule has 31 heavy (non-hydrogen) atoms. The van der Waals surface area contributed by atoms with Gasteiger partial charge in [0.15, 0.2) is 0 Å². The van der Waals surface area contributed by atoms with Gasteiger partial charge in [-0.1, -0.05) is 56.3 Å². The van der Waals surface area contributed by atoms with E-state index in [4.69, 9.17) is 0 Å². The number of likely N-dealkylation sites (tertiary alicyclic amines) is 1. The third-order valence-electron chi connectivity index (χ3n) is 6.04. The van der Waals surface area contributed by atoms with Gasteiger partial charge in [0.2, 0.25) is 0 Å². The number of aromatic nitrogens is 2. The van der Waals surface area contributed by atoms with Crippen LogP contribution >= 0.6 is 0 Å². The fourth-order valence-electron chi connectivity index (χ4n) is 4.24. The van der Waals surface area contributed by atoms with Crippen LogP contribution in [0.15, 0.2) is 60.7 Å². The molecule has 0 aliphatic carbocycles. The first kappa shape index (κ1) is 21.3. The molecule has 1 aromatic heterocycles. The number of nitrogens with one attached hydrogen (secondary N) is 2. The number of hydrogen-bond acceptors (Lipinski definition) is 3. The molecule has 4 rings (SSSR count). The van der Waals surface area contributed by atoms with E-state index in [2.05, 4.69) is 52.5 Å². The summed E-state index contributed by atoms with van der Waals surface area (Å²) in [6.45, 7) is 8.04. The fraction of sp³-hybridized carbons (Fsp3) is 0.385. The molecule has 162 valence electrons. The number of benzene rings is 2. The first-order valence-electron chi connectivity index (χ1n) is 11.3.